The highest BCUT2D eigenvalue weighted by Crippen LogP contribution is 2.28. The largest absolute Gasteiger partial charge is 0.491 e. The molecule has 0 aliphatic carbocycles. The number of rotatable bonds is 9. The summed E-state index contributed by atoms with van der Waals surface area (Å²) in [5, 5.41) is 3.01. The summed E-state index contributed by atoms with van der Waals surface area (Å²) in [6.45, 7) is 5.24. The number of carbonyl (C=O) groups excluding carboxylic acids is 1. The van der Waals surface area contributed by atoms with Gasteiger partial charge >= 0.3 is 0 Å². The Balaban J connectivity index is 1.56. The van der Waals surface area contributed by atoms with Crippen LogP contribution in [0.3, 0.4) is 0 Å². The van der Waals surface area contributed by atoms with Gasteiger partial charge in [0, 0.05) is 12.3 Å². The van der Waals surface area contributed by atoms with E-state index in [1.165, 1.54) is 5.56 Å². The van der Waals surface area contributed by atoms with Gasteiger partial charge in [-0.05, 0) is 28.7 Å². The molecule has 3 aromatic rings. The molecule has 1 N–H and O–H groups in total. The third-order valence-electron chi connectivity index (χ3n) is 5.02. The molecule has 0 aromatic heterocycles. The van der Waals surface area contributed by atoms with Gasteiger partial charge in [-0.25, -0.2) is 0 Å². The molecule has 3 aromatic carbocycles. The van der Waals surface area contributed by atoms with E-state index < -0.39 is 0 Å². The van der Waals surface area contributed by atoms with Gasteiger partial charge in [0.25, 0.3) is 0 Å². The molecule has 0 heterocycles. The Hall–Kier alpha value is -3.07. The summed E-state index contributed by atoms with van der Waals surface area (Å²) in [7, 11) is 0. The number of hydrogen-bond donors (Lipinski definition) is 1. The summed E-state index contributed by atoms with van der Waals surface area (Å²) in [6, 6.07) is 28.5. The Morgan fingerprint density at radius 2 is 1.38 bits per heavy atom. The predicted octanol–water partition coefficient (Wildman–Crippen LogP) is 5.53. The summed E-state index contributed by atoms with van der Waals surface area (Å²) in [5.41, 5.74) is 3.49. The summed E-state index contributed by atoms with van der Waals surface area (Å²) in [4.78, 5) is 12.6. The normalized spacial score (nSPS) is 10.9. The average Bonchev–Trinajstić information content (AvgIpc) is 2.76. The number of carbonyl (C=O) groups is 1. The van der Waals surface area contributed by atoms with Crippen molar-refractivity contribution in [2.24, 2.45) is 0 Å². The maximum atomic E-state index is 12.6. The third-order valence-corrected chi connectivity index (χ3v) is 5.02. The molecule has 1 amide bonds. The van der Waals surface area contributed by atoms with Gasteiger partial charge in [0.05, 0.1) is 6.54 Å². The Morgan fingerprint density at radius 1 is 0.828 bits per heavy atom. The number of ether oxygens (including phenoxy) is 1. The second kappa shape index (κ2) is 10.5. The Morgan fingerprint density at radius 3 is 1.97 bits per heavy atom. The first-order valence-electron chi connectivity index (χ1n) is 10.2. The highest BCUT2D eigenvalue weighted by molar-refractivity contribution is 5.77. The molecule has 0 radical (unpaired) electrons. The van der Waals surface area contributed by atoms with Crippen molar-refractivity contribution in [3.8, 4) is 5.75 Å². The van der Waals surface area contributed by atoms with E-state index in [4.69, 9.17) is 4.74 Å². The highest BCUT2D eigenvalue weighted by Gasteiger charge is 2.17. The SMILES string of the molecule is CC(C)c1ccccc1OCCNC(=O)CC(c1ccccc1)c1ccccc1. The minimum absolute atomic E-state index is 0.0310. The first kappa shape index (κ1) is 20.7. The summed E-state index contributed by atoms with van der Waals surface area (Å²) < 4.78 is 5.91. The summed E-state index contributed by atoms with van der Waals surface area (Å²) in [6.07, 6.45) is 0.413. The molecule has 3 rings (SSSR count). The minimum atomic E-state index is 0.0310. The van der Waals surface area contributed by atoms with Crippen LogP contribution in [0.1, 0.15) is 48.8 Å². The van der Waals surface area contributed by atoms with E-state index >= 15 is 0 Å². The second-order valence-electron chi connectivity index (χ2n) is 7.47. The van der Waals surface area contributed by atoms with E-state index in [-0.39, 0.29) is 11.8 Å². The van der Waals surface area contributed by atoms with Crippen LogP contribution in [-0.2, 0) is 4.79 Å². The quantitative estimate of drug-likeness (QED) is 0.491. The van der Waals surface area contributed by atoms with Crippen molar-refractivity contribution in [1.82, 2.24) is 5.32 Å². The fourth-order valence-electron chi connectivity index (χ4n) is 3.50. The molecular formula is C26H29NO2. The molecule has 150 valence electrons. The first-order chi connectivity index (χ1) is 14.1. The van der Waals surface area contributed by atoms with E-state index in [0.29, 0.717) is 25.5 Å². The molecule has 0 aliphatic rings. The van der Waals surface area contributed by atoms with Crippen LogP contribution < -0.4 is 10.1 Å². The zero-order chi connectivity index (χ0) is 20.5. The molecule has 29 heavy (non-hydrogen) atoms. The van der Waals surface area contributed by atoms with Gasteiger partial charge in [-0.3, -0.25) is 4.79 Å². The monoisotopic (exact) mass is 387 g/mol. The first-order valence-corrected chi connectivity index (χ1v) is 10.2. The van der Waals surface area contributed by atoms with Crippen LogP contribution in [0.5, 0.6) is 5.75 Å². The van der Waals surface area contributed by atoms with Crippen molar-refractivity contribution in [1.29, 1.82) is 0 Å². The number of nitrogens with one attached hydrogen (secondary N) is 1. The molecule has 0 bridgehead atoms. The van der Waals surface area contributed by atoms with Crippen molar-refractivity contribution < 1.29 is 9.53 Å². The molecular weight excluding hydrogens is 358 g/mol. The lowest BCUT2D eigenvalue weighted by Gasteiger charge is -2.18. The molecule has 0 saturated carbocycles. The topological polar surface area (TPSA) is 38.3 Å². The van der Waals surface area contributed by atoms with Crippen LogP contribution >= 0.6 is 0 Å². The average molecular weight is 388 g/mol. The van der Waals surface area contributed by atoms with Crippen LogP contribution in [0, 0.1) is 0 Å². The second-order valence-corrected chi connectivity index (χ2v) is 7.47. The smallest absolute Gasteiger partial charge is 0.221 e. The Bertz CT molecular complexity index is 851. The van der Waals surface area contributed by atoms with E-state index in [1.807, 2.05) is 54.6 Å². The van der Waals surface area contributed by atoms with E-state index in [1.54, 1.807) is 0 Å². The number of amides is 1. The lowest BCUT2D eigenvalue weighted by atomic mass is 9.88. The number of hydrogen-bond acceptors (Lipinski definition) is 2. The highest BCUT2D eigenvalue weighted by atomic mass is 16.5. The molecule has 0 unspecified atom stereocenters. The molecule has 3 nitrogen and oxygen atoms in total. The fraction of sp³-hybridized carbons (Fsp3) is 0.269. The molecule has 0 spiro atoms. The van der Waals surface area contributed by atoms with Gasteiger partial charge in [-0.1, -0.05) is 92.7 Å². The van der Waals surface area contributed by atoms with Crippen molar-refractivity contribution in [2.75, 3.05) is 13.2 Å². The third kappa shape index (κ3) is 5.95. The van der Waals surface area contributed by atoms with Gasteiger partial charge in [0.1, 0.15) is 12.4 Å². The summed E-state index contributed by atoms with van der Waals surface area (Å²) >= 11 is 0. The van der Waals surface area contributed by atoms with Crippen LogP contribution in [0.4, 0.5) is 0 Å². The number of benzene rings is 3. The zero-order valence-corrected chi connectivity index (χ0v) is 17.2. The van der Waals surface area contributed by atoms with Crippen LogP contribution in [0.25, 0.3) is 0 Å². The number of para-hydroxylation sites is 1. The van der Waals surface area contributed by atoms with Gasteiger partial charge < -0.3 is 10.1 Å². The van der Waals surface area contributed by atoms with Gasteiger partial charge in [-0.15, -0.1) is 0 Å². The van der Waals surface area contributed by atoms with Gasteiger partial charge in [0.15, 0.2) is 0 Å². The maximum absolute atomic E-state index is 12.6. The van der Waals surface area contributed by atoms with E-state index in [2.05, 4.69) is 49.5 Å². The predicted molar refractivity (Wildman–Crippen MR) is 118 cm³/mol. The molecule has 0 aliphatic heterocycles. The minimum Gasteiger partial charge on any atom is -0.491 e. The summed E-state index contributed by atoms with van der Waals surface area (Å²) in [5.74, 6) is 1.37. The van der Waals surface area contributed by atoms with Crippen molar-refractivity contribution in [3.05, 3.63) is 102 Å². The van der Waals surface area contributed by atoms with E-state index in [9.17, 15) is 4.79 Å². The lowest BCUT2D eigenvalue weighted by molar-refractivity contribution is -0.121. The lowest BCUT2D eigenvalue weighted by Crippen LogP contribution is -2.29. The van der Waals surface area contributed by atoms with Gasteiger partial charge in [-0.2, -0.15) is 0 Å². The van der Waals surface area contributed by atoms with Crippen LogP contribution in [0.2, 0.25) is 0 Å². The van der Waals surface area contributed by atoms with Crippen LogP contribution in [0.15, 0.2) is 84.9 Å². The van der Waals surface area contributed by atoms with E-state index in [0.717, 1.165) is 16.9 Å². The standard InChI is InChI=1S/C26H29NO2/c1-20(2)23-15-9-10-16-25(23)29-18-17-27-26(28)19-24(21-11-5-3-6-12-21)22-13-7-4-8-14-22/h3-16,20,24H,17-19H2,1-2H3,(H,27,28). The van der Waals surface area contributed by atoms with Crippen molar-refractivity contribution >= 4 is 5.91 Å². The van der Waals surface area contributed by atoms with Gasteiger partial charge in [0.2, 0.25) is 5.91 Å². The molecule has 3 heteroatoms. The fourth-order valence-corrected chi connectivity index (χ4v) is 3.50. The zero-order valence-electron chi connectivity index (χ0n) is 17.2. The Kier molecular flexibility index (Phi) is 7.46. The van der Waals surface area contributed by atoms with Crippen LogP contribution in [-0.4, -0.2) is 19.1 Å². The van der Waals surface area contributed by atoms with Crippen molar-refractivity contribution in [2.45, 2.75) is 32.1 Å². The Labute approximate surface area is 173 Å². The maximum Gasteiger partial charge on any atom is 0.221 e. The van der Waals surface area contributed by atoms with Crippen molar-refractivity contribution in [3.63, 3.8) is 0 Å². The molecule has 0 atom stereocenters. The molecule has 0 saturated heterocycles. The molecule has 0 fully saturated rings.